The Morgan fingerprint density at radius 2 is 2.07 bits per heavy atom. The third-order valence-corrected chi connectivity index (χ3v) is 6.13. The van der Waals surface area contributed by atoms with Crippen LogP contribution in [0.2, 0.25) is 0 Å². The van der Waals surface area contributed by atoms with E-state index in [2.05, 4.69) is 22.5 Å². The molecule has 1 saturated heterocycles. The molecule has 30 heavy (non-hydrogen) atoms. The molecule has 2 aromatic rings. The minimum atomic E-state index is -0.430. The van der Waals surface area contributed by atoms with Crippen molar-refractivity contribution in [2.75, 3.05) is 38.5 Å². The van der Waals surface area contributed by atoms with Crippen molar-refractivity contribution in [3.8, 4) is 0 Å². The van der Waals surface area contributed by atoms with Crippen molar-refractivity contribution < 1.29 is 14.4 Å². The van der Waals surface area contributed by atoms with Crippen LogP contribution in [0.1, 0.15) is 25.7 Å². The number of piperidine rings is 1. The number of anilines is 1. The molecule has 0 atom stereocenters. The van der Waals surface area contributed by atoms with E-state index in [4.69, 9.17) is 11.6 Å². The lowest BCUT2D eigenvalue weighted by Gasteiger charge is -2.37. The molecule has 4 rings (SSSR count). The van der Waals surface area contributed by atoms with Gasteiger partial charge in [-0.05, 0) is 37.5 Å². The van der Waals surface area contributed by atoms with Gasteiger partial charge in [0.1, 0.15) is 17.2 Å². The number of allylic oxidation sites excluding steroid dienone is 3. The van der Waals surface area contributed by atoms with Crippen molar-refractivity contribution in [2.24, 2.45) is 4.99 Å². The minimum Gasteiger partial charge on any atom is -0.506 e. The number of pyridine rings is 1. The highest BCUT2D eigenvalue weighted by Gasteiger charge is 2.24. The highest BCUT2D eigenvalue weighted by molar-refractivity contribution is 6.47. The van der Waals surface area contributed by atoms with Crippen molar-refractivity contribution in [1.82, 2.24) is 9.61 Å². The molecule has 1 aliphatic heterocycles. The van der Waals surface area contributed by atoms with Crippen LogP contribution in [-0.2, 0) is 4.79 Å². The lowest BCUT2D eigenvalue weighted by molar-refractivity contribution is -0.914. The number of nitrogens with zero attached hydrogens (tertiary/aromatic N) is 4. The van der Waals surface area contributed by atoms with Gasteiger partial charge in [-0.2, -0.15) is 0 Å². The number of halogens is 1. The maximum atomic E-state index is 11.6. The Morgan fingerprint density at radius 3 is 2.87 bits per heavy atom. The number of quaternary nitrogens is 1. The van der Waals surface area contributed by atoms with Gasteiger partial charge in [0.2, 0.25) is 5.78 Å². The number of rotatable bonds is 6. The zero-order valence-corrected chi connectivity index (χ0v) is 17.9. The van der Waals surface area contributed by atoms with Crippen LogP contribution in [-0.4, -0.2) is 63.9 Å². The predicted molar refractivity (Wildman–Crippen MR) is 120 cm³/mol. The molecule has 0 aromatic carbocycles. The lowest BCUT2D eigenvalue weighted by Crippen LogP contribution is -2.48. The highest BCUT2D eigenvalue weighted by atomic mass is 35.5. The molecule has 3 heterocycles. The highest BCUT2D eigenvalue weighted by Crippen LogP contribution is 2.31. The first-order valence-corrected chi connectivity index (χ1v) is 10.8. The Balaban J connectivity index is 1.54. The standard InChI is InChI=1S/C22H26ClN5O2/c1-28(11-5-2-6-12-28)13-7-9-24-22-21(18-8-3-4-10-27(18)26-22)25-17-14-16(23)19(29)15-20(17)30/h3-4,8,10,14-15H,2,5-7,9,11-13H2,1H3,(H-,24,26,29,30)/p+1/b25-17+. The van der Waals surface area contributed by atoms with E-state index >= 15 is 0 Å². The molecule has 8 heteroatoms. The smallest absolute Gasteiger partial charge is 0.201 e. The quantitative estimate of drug-likeness (QED) is 0.414. The molecule has 2 N–H and O–H groups in total. The molecule has 0 amide bonds. The topological polar surface area (TPSA) is 79.0 Å². The molecular weight excluding hydrogens is 402 g/mol. The van der Waals surface area contributed by atoms with Gasteiger partial charge in [-0.15, -0.1) is 5.10 Å². The SMILES string of the molecule is C[N+]1(CCCNc2nn3ccccc3c2/N=C2\C=C(Cl)C(=O)C=C2O)CCCCC1. The second-order valence-corrected chi connectivity index (χ2v) is 8.65. The van der Waals surface area contributed by atoms with Crippen molar-refractivity contribution in [1.29, 1.82) is 0 Å². The fourth-order valence-corrected chi connectivity index (χ4v) is 4.28. The molecule has 2 aromatic heterocycles. The van der Waals surface area contributed by atoms with Gasteiger partial charge in [-0.25, -0.2) is 9.51 Å². The number of hydrogen-bond acceptors (Lipinski definition) is 5. The number of aliphatic imine (C=N–C) groups is 1. The van der Waals surface area contributed by atoms with Crippen molar-refractivity contribution in [3.63, 3.8) is 0 Å². The summed E-state index contributed by atoms with van der Waals surface area (Å²) in [6.45, 7) is 4.43. The first-order valence-electron chi connectivity index (χ1n) is 10.4. The zero-order chi connectivity index (χ0) is 21.1. The number of carbonyl (C=O) groups excluding carboxylic acids is 1. The molecule has 0 radical (unpaired) electrons. The summed E-state index contributed by atoms with van der Waals surface area (Å²) in [7, 11) is 2.34. The Hall–Kier alpha value is -2.64. The number of aliphatic hydroxyl groups excluding tert-OH is 1. The fraction of sp³-hybridized carbons (Fsp3) is 0.409. The molecular formula is C22H27ClN5O2+. The lowest BCUT2D eigenvalue weighted by atomic mass is 10.1. The molecule has 0 unspecified atom stereocenters. The van der Waals surface area contributed by atoms with Gasteiger partial charge in [0.25, 0.3) is 0 Å². The number of fused-ring (bicyclic) bond motifs is 1. The molecule has 158 valence electrons. The number of aromatic nitrogens is 2. The van der Waals surface area contributed by atoms with Gasteiger partial charge in [0.05, 0.1) is 37.2 Å². The summed E-state index contributed by atoms with van der Waals surface area (Å²) in [5.41, 5.74) is 1.66. The third kappa shape index (κ3) is 4.42. The van der Waals surface area contributed by atoms with E-state index in [1.165, 1.54) is 38.4 Å². The number of nitrogens with one attached hydrogen (secondary N) is 1. The van der Waals surface area contributed by atoms with Gasteiger partial charge in [0, 0.05) is 25.2 Å². The van der Waals surface area contributed by atoms with E-state index in [0.717, 1.165) is 35.6 Å². The fourth-order valence-electron chi connectivity index (χ4n) is 4.12. The van der Waals surface area contributed by atoms with E-state index < -0.39 is 5.78 Å². The largest absolute Gasteiger partial charge is 0.506 e. The van der Waals surface area contributed by atoms with Gasteiger partial charge in [-0.1, -0.05) is 17.7 Å². The minimum absolute atomic E-state index is 0.0241. The summed E-state index contributed by atoms with van der Waals surface area (Å²) in [6, 6.07) is 5.72. The predicted octanol–water partition coefficient (Wildman–Crippen LogP) is 3.99. The Labute approximate surface area is 180 Å². The number of aliphatic hydroxyl groups is 1. The zero-order valence-electron chi connectivity index (χ0n) is 17.1. The summed E-state index contributed by atoms with van der Waals surface area (Å²) in [4.78, 5) is 16.2. The van der Waals surface area contributed by atoms with E-state index in [1.807, 2.05) is 24.4 Å². The van der Waals surface area contributed by atoms with Crippen LogP contribution in [0.5, 0.6) is 0 Å². The van der Waals surface area contributed by atoms with E-state index in [9.17, 15) is 9.90 Å². The van der Waals surface area contributed by atoms with Crippen LogP contribution in [0.4, 0.5) is 11.5 Å². The summed E-state index contributed by atoms with van der Waals surface area (Å²) in [5.74, 6) is 0.0121. The van der Waals surface area contributed by atoms with Crippen LogP contribution < -0.4 is 5.32 Å². The third-order valence-electron chi connectivity index (χ3n) is 5.84. The summed E-state index contributed by atoms with van der Waals surface area (Å²) in [5, 5.41) is 18.2. The molecule has 7 nitrogen and oxygen atoms in total. The molecule has 1 fully saturated rings. The Kier molecular flexibility index (Phi) is 5.92. The summed E-state index contributed by atoms with van der Waals surface area (Å²) >= 11 is 5.95. The monoisotopic (exact) mass is 428 g/mol. The first-order chi connectivity index (χ1) is 14.5. The second-order valence-electron chi connectivity index (χ2n) is 8.24. The Morgan fingerprint density at radius 1 is 1.27 bits per heavy atom. The van der Waals surface area contributed by atoms with Crippen LogP contribution in [0.15, 0.2) is 52.3 Å². The number of hydrogen-bond donors (Lipinski definition) is 2. The van der Waals surface area contributed by atoms with Crippen LogP contribution >= 0.6 is 11.6 Å². The van der Waals surface area contributed by atoms with E-state index in [-0.39, 0.29) is 16.5 Å². The van der Waals surface area contributed by atoms with Gasteiger partial charge >= 0.3 is 0 Å². The molecule has 0 saturated carbocycles. The van der Waals surface area contributed by atoms with Crippen molar-refractivity contribution >= 4 is 40.1 Å². The van der Waals surface area contributed by atoms with Crippen LogP contribution in [0.3, 0.4) is 0 Å². The molecule has 0 spiro atoms. The molecule has 2 aliphatic rings. The van der Waals surface area contributed by atoms with Crippen molar-refractivity contribution in [3.05, 3.63) is 47.3 Å². The van der Waals surface area contributed by atoms with Crippen LogP contribution in [0, 0.1) is 0 Å². The summed E-state index contributed by atoms with van der Waals surface area (Å²) < 4.78 is 2.89. The average molecular weight is 429 g/mol. The van der Waals surface area contributed by atoms with Crippen LogP contribution in [0.25, 0.3) is 5.52 Å². The molecule has 0 bridgehead atoms. The second kappa shape index (κ2) is 8.62. The van der Waals surface area contributed by atoms with E-state index in [1.54, 1.807) is 4.52 Å². The van der Waals surface area contributed by atoms with E-state index in [0.29, 0.717) is 11.5 Å². The normalized spacial score (nSPS) is 20.3. The number of likely N-dealkylation sites (tertiary alicyclic amines) is 1. The van der Waals surface area contributed by atoms with Gasteiger partial charge < -0.3 is 14.9 Å². The first kappa shape index (κ1) is 20.6. The van der Waals surface area contributed by atoms with Gasteiger partial charge in [-0.3, -0.25) is 4.79 Å². The Bertz CT molecular complexity index is 1050. The maximum Gasteiger partial charge on any atom is 0.201 e. The number of carbonyl (C=O) groups is 1. The average Bonchev–Trinajstić information content (AvgIpc) is 3.07. The van der Waals surface area contributed by atoms with Crippen molar-refractivity contribution in [2.45, 2.75) is 25.7 Å². The van der Waals surface area contributed by atoms with Gasteiger partial charge in [0.15, 0.2) is 5.82 Å². The number of ketones is 1. The maximum absolute atomic E-state index is 11.6. The molecule has 1 aliphatic carbocycles. The summed E-state index contributed by atoms with van der Waals surface area (Å²) in [6.07, 6.45) is 9.34.